The fourth-order valence-electron chi connectivity index (χ4n) is 3.81. The van der Waals surface area contributed by atoms with Crippen molar-refractivity contribution in [3.63, 3.8) is 0 Å². The molecule has 2 fully saturated rings. The molecule has 2 N–H and O–H groups in total. The predicted octanol–water partition coefficient (Wildman–Crippen LogP) is 2.29. The first kappa shape index (κ1) is 21.0. The minimum absolute atomic E-state index is 0. The number of aliphatic imine (C=N–C) groups is 1. The molecule has 1 saturated heterocycles. The van der Waals surface area contributed by atoms with Crippen molar-refractivity contribution in [1.29, 1.82) is 0 Å². The van der Waals surface area contributed by atoms with E-state index in [0.717, 1.165) is 64.4 Å². The van der Waals surface area contributed by atoms with Gasteiger partial charge in [0, 0.05) is 25.7 Å². The average Bonchev–Trinajstić information content (AvgIpc) is 3.15. The summed E-state index contributed by atoms with van der Waals surface area (Å²) in [6, 6.07) is 0.633. The molecule has 2 rings (SSSR count). The SMILES string of the molecule is CCNC(=NCC1(O)CCCC1)N1CCC(N(CC)CC)C1.I. The van der Waals surface area contributed by atoms with Gasteiger partial charge in [0.15, 0.2) is 5.96 Å². The summed E-state index contributed by atoms with van der Waals surface area (Å²) in [5.74, 6) is 0.984. The Kier molecular flexibility index (Phi) is 9.15. The largest absolute Gasteiger partial charge is 0.388 e. The average molecular weight is 438 g/mol. The van der Waals surface area contributed by atoms with Gasteiger partial charge < -0.3 is 15.3 Å². The molecule has 1 unspecified atom stereocenters. The van der Waals surface area contributed by atoms with Gasteiger partial charge in [-0.25, -0.2) is 0 Å². The lowest BCUT2D eigenvalue weighted by Gasteiger charge is -2.28. The van der Waals surface area contributed by atoms with Crippen LogP contribution >= 0.6 is 24.0 Å². The fourth-order valence-corrected chi connectivity index (χ4v) is 3.81. The van der Waals surface area contributed by atoms with Crippen LogP contribution in [0.2, 0.25) is 0 Å². The van der Waals surface area contributed by atoms with Gasteiger partial charge in [-0.2, -0.15) is 0 Å². The molecule has 1 saturated carbocycles. The van der Waals surface area contributed by atoms with E-state index >= 15 is 0 Å². The van der Waals surface area contributed by atoms with Crippen molar-refractivity contribution in [1.82, 2.24) is 15.1 Å². The van der Waals surface area contributed by atoms with Crippen molar-refractivity contribution in [3.8, 4) is 0 Å². The van der Waals surface area contributed by atoms with Crippen LogP contribution in [0.1, 0.15) is 52.9 Å². The van der Waals surface area contributed by atoms with E-state index in [1.54, 1.807) is 0 Å². The summed E-state index contributed by atoms with van der Waals surface area (Å²) in [6.07, 6.45) is 5.28. The molecule has 6 heteroatoms. The Balaban J connectivity index is 0.00000264. The van der Waals surface area contributed by atoms with Crippen LogP contribution in [-0.2, 0) is 0 Å². The number of halogens is 1. The lowest BCUT2D eigenvalue weighted by molar-refractivity contribution is 0.0572. The number of likely N-dealkylation sites (tertiary alicyclic amines) is 1. The molecule has 23 heavy (non-hydrogen) atoms. The van der Waals surface area contributed by atoms with Crippen LogP contribution in [0.25, 0.3) is 0 Å². The van der Waals surface area contributed by atoms with E-state index < -0.39 is 5.60 Å². The zero-order chi connectivity index (χ0) is 16.0. The Hall–Kier alpha value is -0.0800. The molecule has 1 heterocycles. The lowest BCUT2D eigenvalue weighted by Crippen LogP contribution is -2.44. The van der Waals surface area contributed by atoms with Gasteiger partial charge >= 0.3 is 0 Å². The standard InChI is InChI=1S/C17H34N4O.HI/c1-4-18-16(19-14-17(22)10-7-8-11-17)21-12-9-15(13-21)20(5-2)6-3;/h15,22H,4-14H2,1-3H3,(H,18,19);1H. The molecule has 5 nitrogen and oxygen atoms in total. The molecule has 2 aliphatic rings. The molecular formula is C17H35IN4O. The van der Waals surface area contributed by atoms with E-state index in [-0.39, 0.29) is 24.0 Å². The number of hydrogen-bond donors (Lipinski definition) is 2. The highest BCUT2D eigenvalue weighted by Gasteiger charge is 2.32. The zero-order valence-electron chi connectivity index (χ0n) is 15.1. The number of guanidine groups is 1. The highest BCUT2D eigenvalue weighted by atomic mass is 127. The van der Waals surface area contributed by atoms with Gasteiger partial charge in [0.05, 0.1) is 12.1 Å². The maximum Gasteiger partial charge on any atom is 0.194 e. The van der Waals surface area contributed by atoms with Crippen LogP contribution in [-0.4, -0.2) is 71.8 Å². The molecule has 0 spiro atoms. The predicted molar refractivity (Wildman–Crippen MR) is 108 cm³/mol. The summed E-state index contributed by atoms with van der Waals surface area (Å²) < 4.78 is 0. The summed E-state index contributed by atoms with van der Waals surface area (Å²) in [5.41, 5.74) is -0.557. The Bertz CT molecular complexity index is 368. The van der Waals surface area contributed by atoms with Gasteiger partial charge in [-0.05, 0) is 39.3 Å². The molecule has 0 aromatic carbocycles. The second kappa shape index (κ2) is 10.0. The summed E-state index contributed by atoms with van der Waals surface area (Å²) in [7, 11) is 0. The lowest BCUT2D eigenvalue weighted by atomic mass is 10.0. The molecular weight excluding hydrogens is 403 g/mol. The molecule has 0 amide bonds. The van der Waals surface area contributed by atoms with Gasteiger partial charge in [-0.1, -0.05) is 26.7 Å². The van der Waals surface area contributed by atoms with Crippen LogP contribution in [0.3, 0.4) is 0 Å². The van der Waals surface area contributed by atoms with E-state index in [9.17, 15) is 5.11 Å². The van der Waals surface area contributed by atoms with Crippen molar-refractivity contribution in [2.75, 3.05) is 39.3 Å². The number of aliphatic hydroxyl groups is 1. The minimum Gasteiger partial charge on any atom is -0.388 e. The molecule has 136 valence electrons. The number of hydrogen-bond acceptors (Lipinski definition) is 3. The first-order valence-corrected chi connectivity index (χ1v) is 9.11. The van der Waals surface area contributed by atoms with Crippen molar-refractivity contribution in [2.24, 2.45) is 4.99 Å². The molecule has 0 radical (unpaired) electrons. The van der Waals surface area contributed by atoms with E-state index in [2.05, 4.69) is 35.9 Å². The van der Waals surface area contributed by atoms with Crippen LogP contribution in [0.5, 0.6) is 0 Å². The summed E-state index contributed by atoms with van der Waals surface area (Å²) in [6.45, 7) is 12.3. The Morgan fingerprint density at radius 2 is 1.91 bits per heavy atom. The van der Waals surface area contributed by atoms with Crippen molar-refractivity contribution in [2.45, 2.75) is 64.5 Å². The van der Waals surface area contributed by atoms with Gasteiger partial charge in [-0.3, -0.25) is 9.89 Å². The topological polar surface area (TPSA) is 51.1 Å². The van der Waals surface area contributed by atoms with E-state index in [1.807, 2.05) is 0 Å². The van der Waals surface area contributed by atoms with E-state index in [4.69, 9.17) is 4.99 Å². The number of nitrogens with one attached hydrogen (secondary N) is 1. The first-order valence-electron chi connectivity index (χ1n) is 9.11. The number of likely N-dealkylation sites (N-methyl/N-ethyl adjacent to an activating group) is 1. The highest BCUT2D eigenvalue weighted by Crippen LogP contribution is 2.29. The molecule has 1 atom stereocenters. The third kappa shape index (κ3) is 5.74. The molecule has 0 aromatic heterocycles. The Morgan fingerprint density at radius 1 is 1.26 bits per heavy atom. The maximum absolute atomic E-state index is 10.5. The van der Waals surface area contributed by atoms with Crippen molar-refractivity contribution >= 4 is 29.9 Å². The number of rotatable bonds is 6. The van der Waals surface area contributed by atoms with E-state index in [1.165, 1.54) is 6.42 Å². The van der Waals surface area contributed by atoms with Gasteiger partial charge in [0.2, 0.25) is 0 Å². The Labute approximate surface area is 158 Å². The third-order valence-corrected chi connectivity index (χ3v) is 5.18. The van der Waals surface area contributed by atoms with Gasteiger partial charge in [-0.15, -0.1) is 24.0 Å². The maximum atomic E-state index is 10.5. The fraction of sp³-hybridized carbons (Fsp3) is 0.941. The zero-order valence-corrected chi connectivity index (χ0v) is 17.4. The smallest absolute Gasteiger partial charge is 0.194 e. The second-order valence-electron chi connectivity index (χ2n) is 6.71. The van der Waals surface area contributed by atoms with Crippen LogP contribution < -0.4 is 5.32 Å². The van der Waals surface area contributed by atoms with Gasteiger partial charge in [0.1, 0.15) is 0 Å². The molecule has 0 aromatic rings. The first-order chi connectivity index (χ1) is 10.6. The van der Waals surface area contributed by atoms with Crippen LogP contribution in [0.4, 0.5) is 0 Å². The monoisotopic (exact) mass is 438 g/mol. The van der Waals surface area contributed by atoms with Crippen LogP contribution in [0, 0.1) is 0 Å². The quantitative estimate of drug-likeness (QED) is 0.380. The minimum atomic E-state index is -0.557. The summed E-state index contributed by atoms with van der Waals surface area (Å²) in [4.78, 5) is 9.66. The Morgan fingerprint density at radius 3 is 2.48 bits per heavy atom. The summed E-state index contributed by atoms with van der Waals surface area (Å²) in [5, 5.41) is 13.9. The number of nitrogens with zero attached hydrogens (tertiary/aromatic N) is 3. The molecule has 1 aliphatic heterocycles. The summed E-state index contributed by atoms with van der Waals surface area (Å²) >= 11 is 0. The normalized spacial score (nSPS) is 24.1. The van der Waals surface area contributed by atoms with Gasteiger partial charge in [0.25, 0.3) is 0 Å². The van der Waals surface area contributed by atoms with E-state index in [0.29, 0.717) is 12.6 Å². The molecule has 1 aliphatic carbocycles. The van der Waals surface area contributed by atoms with Crippen molar-refractivity contribution in [3.05, 3.63) is 0 Å². The third-order valence-electron chi connectivity index (χ3n) is 5.18. The molecule has 0 bridgehead atoms. The second-order valence-corrected chi connectivity index (χ2v) is 6.71. The van der Waals surface area contributed by atoms with Crippen molar-refractivity contribution < 1.29 is 5.11 Å². The highest BCUT2D eigenvalue weighted by molar-refractivity contribution is 14.0. The van der Waals surface area contributed by atoms with Crippen LogP contribution in [0.15, 0.2) is 4.99 Å².